The van der Waals surface area contributed by atoms with Gasteiger partial charge in [0.15, 0.2) is 0 Å². The number of benzene rings is 2. The maximum Gasteiger partial charge on any atom is 0.416 e. The number of hydrogen-bond acceptors (Lipinski definition) is 3. The van der Waals surface area contributed by atoms with E-state index in [4.69, 9.17) is 10.5 Å². The highest BCUT2D eigenvalue weighted by Crippen LogP contribution is 2.35. The number of ether oxygens (including phenoxy) is 1. The lowest BCUT2D eigenvalue weighted by Crippen LogP contribution is -2.55. The molecule has 3 atom stereocenters. The summed E-state index contributed by atoms with van der Waals surface area (Å²) in [6.45, 7) is 4.50. The van der Waals surface area contributed by atoms with Gasteiger partial charge in [0.1, 0.15) is 0 Å². The van der Waals surface area contributed by atoms with Crippen molar-refractivity contribution in [2.45, 2.75) is 50.6 Å². The van der Waals surface area contributed by atoms with E-state index in [2.05, 4.69) is 5.32 Å². The van der Waals surface area contributed by atoms with Gasteiger partial charge < -0.3 is 15.8 Å². The van der Waals surface area contributed by atoms with E-state index in [1.165, 1.54) is 6.07 Å². The molecule has 1 aliphatic rings. The molecular formula is C22H27F3N2O. The van der Waals surface area contributed by atoms with Crippen LogP contribution in [-0.4, -0.2) is 19.2 Å². The highest BCUT2D eigenvalue weighted by Gasteiger charge is 2.37. The third-order valence-corrected chi connectivity index (χ3v) is 5.45. The van der Waals surface area contributed by atoms with Gasteiger partial charge in [-0.05, 0) is 49.9 Å². The zero-order valence-corrected chi connectivity index (χ0v) is 16.2. The van der Waals surface area contributed by atoms with E-state index in [-0.39, 0.29) is 11.6 Å². The van der Waals surface area contributed by atoms with Crippen LogP contribution >= 0.6 is 0 Å². The molecule has 3 rings (SSSR count). The van der Waals surface area contributed by atoms with E-state index in [0.717, 1.165) is 24.5 Å². The van der Waals surface area contributed by atoms with Crippen LogP contribution in [0, 0.1) is 6.92 Å². The van der Waals surface area contributed by atoms with Crippen molar-refractivity contribution in [2.24, 2.45) is 5.73 Å². The summed E-state index contributed by atoms with van der Waals surface area (Å²) in [6.07, 6.45) is -3.15. The fraction of sp³-hybridized carbons (Fsp3) is 0.455. The molecule has 0 amide bonds. The van der Waals surface area contributed by atoms with Gasteiger partial charge in [0, 0.05) is 12.6 Å². The van der Waals surface area contributed by atoms with Gasteiger partial charge in [-0.25, -0.2) is 0 Å². The average molecular weight is 392 g/mol. The fourth-order valence-electron chi connectivity index (χ4n) is 3.73. The number of aryl methyl sites for hydroxylation is 1. The Morgan fingerprint density at radius 2 is 1.93 bits per heavy atom. The lowest BCUT2D eigenvalue weighted by Gasteiger charge is -2.41. The number of nitrogens with two attached hydrogens (primary N) is 1. The summed E-state index contributed by atoms with van der Waals surface area (Å²) in [5.41, 5.74) is 7.22. The maximum atomic E-state index is 13.1. The lowest BCUT2D eigenvalue weighted by atomic mass is 9.81. The van der Waals surface area contributed by atoms with Gasteiger partial charge >= 0.3 is 6.18 Å². The van der Waals surface area contributed by atoms with Crippen molar-refractivity contribution in [3.8, 4) is 0 Å². The van der Waals surface area contributed by atoms with Crippen LogP contribution < -0.4 is 11.1 Å². The summed E-state index contributed by atoms with van der Waals surface area (Å²) >= 11 is 0. The van der Waals surface area contributed by atoms with Crippen LogP contribution in [0.3, 0.4) is 0 Å². The molecule has 0 unspecified atom stereocenters. The molecule has 152 valence electrons. The van der Waals surface area contributed by atoms with E-state index < -0.39 is 17.8 Å². The Bertz CT molecular complexity index is 784. The molecule has 2 aromatic carbocycles. The number of rotatable bonds is 5. The van der Waals surface area contributed by atoms with Crippen molar-refractivity contribution in [3.05, 3.63) is 70.8 Å². The van der Waals surface area contributed by atoms with Crippen molar-refractivity contribution in [3.63, 3.8) is 0 Å². The van der Waals surface area contributed by atoms with Crippen molar-refractivity contribution in [1.82, 2.24) is 5.32 Å². The molecule has 2 aromatic rings. The molecule has 1 aliphatic heterocycles. The first-order valence-corrected chi connectivity index (χ1v) is 9.56. The number of hydrogen-bond donors (Lipinski definition) is 2. The molecule has 0 aromatic heterocycles. The van der Waals surface area contributed by atoms with Gasteiger partial charge in [-0.3, -0.25) is 0 Å². The Morgan fingerprint density at radius 3 is 2.54 bits per heavy atom. The van der Waals surface area contributed by atoms with Gasteiger partial charge in [-0.1, -0.05) is 42.0 Å². The number of halogens is 3. The zero-order chi connectivity index (χ0) is 20.4. The van der Waals surface area contributed by atoms with Crippen molar-refractivity contribution in [1.29, 1.82) is 0 Å². The number of piperidine rings is 1. The third kappa shape index (κ3) is 4.74. The predicted octanol–water partition coefficient (Wildman–Crippen LogP) is 4.70. The molecule has 0 bridgehead atoms. The van der Waals surface area contributed by atoms with E-state index >= 15 is 0 Å². The van der Waals surface area contributed by atoms with Crippen LogP contribution in [0.1, 0.15) is 48.1 Å². The Hall–Kier alpha value is -1.89. The van der Waals surface area contributed by atoms with Gasteiger partial charge in [-0.15, -0.1) is 0 Å². The zero-order valence-electron chi connectivity index (χ0n) is 16.2. The second-order valence-corrected chi connectivity index (χ2v) is 7.71. The van der Waals surface area contributed by atoms with Gasteiger partial charge in [-0.2, -0.15) is 13.2 Å². The van der Waals surface area contributed by atoms with E-state index in [1.807, 2.05) is 30.3 Å². The predicted molar refractivity (Wildman–Crippen MR) is 104 cm³/mol. The second kappa shape index (κ2) is 8.23. The largest absolute Gasteiger partial charge is 0.416 e. The Labute approximate surface area is 164 Å². The van der Waals surface area contributed by atoms with Gasteiger partial charge in [0.25, 0.3) is 0 Å². The highest BCUT2D eigenvalue weighted by atomic mass is 19.4. The normalized spacial score (nSPS) is 24.1. The van der Waals surface area contributed by atoms with E-state index in [1.54, 1.807) is 19.9 Å². The topological polar surface area (TPSA) is 47.3 Å². The molecule has 0 aliphatic carbocycles. The molecule has 3 nitrogen and oxygen atoms in total. The van der Waals surface area contributed by atoms with Gasteiger partial charge in [0.2, 0.25) is 0 Å². The number of nitrogens with one attached hydrogen (secondary N) is 1. The SMILES string of the molecule is Cc1cc([C@@H](C)OC[C@@]2(c3ccccc3)CC[C@H](N)CN2)cc(C(F)(F)F)c1. The van der Waals surface area contributed by atoms with Crippen molar-refractivity contribution in [2.75, 3.05) is 13.2 Å². The minimum absolute atomic E-state index is 0.0976. The summed E-state index contributed by atoms with van der Waals surface area (Å²) in [5, 5.41) is 3.52. The summed E-state index contributed by atoms with van der Waals surface area (Å²) in [7, 11) is 0. The first-order chi connectivity index (χ1) is 13.2. The fourth-order valence-corrected chi connectivity index (χ4v) is 3.73. The van der Waals surface area contributed by atoms with Crippen LogP contribution in [0.25, 0.3) is 0 Å². The smallest absolute Gasteiger partial charge is 0.372 e. The minimum atomic E-state index is -4.37. The summed E-state index contributed by atoms with van der Waals surface area (Å²) in [5.74, 6) is 0. The second-order valence-electron chi connectivity index (χ2n) is 7.71. The van der Waals surface area contributed by atoms with Crippen LogP contribution in [0.2, 0.25) is 0 Å². The first-order valence-electron chi connectivity index (χ1n) is 9.56. The van der Waals surface area contributed by atoms with Crippen LogP contribution in [-0.2, 0) is 16.5 Å². The Kier molecular flexibility index (Phi) is 6.12. The third-order valence-electron chi connectivity index (χ3n) is 5.45. The van der Waals surface area contributed by atoms with Crippen LogP contribution in [0.15, 0.2) is 48.5 Å². The van der Waals surface area contributed by atoms with E-state index in [9.17, 15) is 13.2 Å². The number of alkyl halides is 3. The van der Waals surface area contributed by atoms with E-state index in [0.29, 0.717) is 24.3 Å². The van der Waals surface area contributed by atoms with Gasteiger partial charge in [0.05, 0.1) is 23.8 Å². The monoisotopic (exact) mass is 392 g/mol. The Balaban J connectivity index is 1.80. The van der Waals surface area contributed by atoms with Crippen LogP contribution in [0.5, 0.6) is 0 Å². The lowest BCUT2D eigenvalue weighted by molar-refractivity contribution is -0.137. The molecular weight excluding hydrogens is 365 g/mol. The molecule has 0 saturated carbocycles. The molecule has 1 saturated heterocycles. The summed E-state index contributed by atoms with van der Waals surface area (Å²) in [4.78, 5) is 0. The molecule has 0 radical (unpaired) electrons. The first kappa shape index (κ1) is 20.8. The molecule has 3 N–H and O–H groups in total. The quantitative estimate of drug-likeness (QED) is 0.776. The van der Waals surface area contributed by atoms with Crippen LogP contribution in [0.4, 0.5) is 13.2 Å². The Morgan fingerprint density at radius 1 is 1.21 bits per heavy atom. The molecule has 6 heteroatoms. The maximum absolute atomic E-state index is 13.1. The minimum Gasteiger partial charge on any atom is -0.372 e. The summed E-state index contributed by atoms with van der Waals surface area (Å²) < 4.78 is 45.5. The van der Waals surface area contributed by atoms with Crippen molar-refractivity contribution >= 4 is 0 Å². The molecule has 0 spiro atoms. The molecule has 1 heterocycles. The van der Waals surface area contributed by atoms with Crippen molar-refractivity contribution < 1.29 is 17.9 Å². The highest BCUT2D eigenvalue weighted by molar-refractivity contribution is 5.32. The average Bonchev–Trinajstić information content (AvgIpc) is 2.67. The standard InChI is InChI=1S/C22H27F3N2O/c1-15-10-17(12-19(11-15)22(23,24)25)16(2)28-14-21(9-8-20(26)13-27-21)18-6-4-3-5-7-18/h3-7,10-12,16,20,27H,8-9,13-14,26H2,1-2H3/t16-,20+,21-/m1/s1. The molecule has 1 fully saturated rings. The summed E-state index contributed by atoms with van der Waals surface area (Å²) in [6, 6.07) is 14.2. The molecule has 28 heavy (non-hydrogen) atoms.